The summed E-state index contributed by atoms with van der Waals surface area (Å²) in [6, 6.07) is 17.5. The minimum absolute atomic E-state index is 0.188. The van der Waals surface area contributed by atoms with E-state index in [1.807, 2.05) is 57.2 Å². The first-order valence-electron chi connectivity index (χ1n) is 11.1. The molecule has 2 amide bonds. The zero-order valence-electron chi connectivity index (χ0n) is 19.7. The molecule has 0 fully saturated rings. The average Bonchev–Trinajstić information content (AvgIpc) is 3.03. The number of anilines is 1. The van der Waals surface area contributed by atoms with Gasteiger partial charge in [-0.2, -0.15) is 0 Å². The van der Waals surface area contributed by atoms with E-state index >= 15 is 0 Å². The molecule has 0 aliphatic carbocycles. The van der Waals surface area contributed by atoms with Crippen molar-refractivity contribution in [3.05, 3.63) is 100.0 Å². The highest BCUT2D eigenvalue weighted by Crippen LogP contribution is 2.35. The average molecular weight is 459 g/mol. The number of amides is 2. The highest BCUT2D eigenvalue weighted by molar-refractivity contribution is 6.36. The first kappa shape index (κ1) is 23.2. The van der Waals surface area contributed by atoms with E-state index in [0.29, 0.717) is 29.0 Å². The van der Waals surface area contributed by atoms with Gasteiger partial charge in [-0.15, -0.1) is 0 Å². The van der Waals surface area contributed by atoms with Gasteiger partial charge in [0.05, 0.1) is 18.4 Å². The molecule has 1 aliphatic heterocycles. The summed E-state index contributed by atoms with van der Waals surface area (Å²) in [6.45, 7) is 6.05. The fourth-order valence-electron chi connectivity index (χ4n) is 4.19. The van der Waals surface area contributed by atoms with E-state index < -0.39 is 5.91 Å². The molecule has 174 valence electrons. The van der Waals surface area contributed by atoms with Gasteiger partial charge in [0.25, 0.3) is 11.8 Å². The minimum atomic E-state index is -0.398. The number of carbonyl (C=O) groups is 2. The first-order valence-corrected chi connectivity index (χ1v) is 11.1. The van der Waals surface area contributed by atoms with Crippen molar-refractivity contribution in [2.75, 3.05) is 19.0 Å². The standard InChI is InChI=1S/C28H27FN2O3/c1-17-5-11-22(19(3)15-17)25-26(30-23-16-18(2)6-12-24(23)34-4)28(33)31(27(25)32)14-13-20-7-9-21(29)10-8-20/h5-12,15-16,30H,13-14H2,1-4H3. The summed E-state index contributed by atoms with van der Waals surface area (Å²) in [6.07, 6.45) is 0.430. The molecular formula is C28H27FN2O3. The molecule has 0 atom stereocenters. The molecule has 0 spiro atoms. The third kappa shape index (κ3) is 4.57. The molecule has 1 aliphatic rings. The molecule has 1 N–H and O–H groups in total. The Bertz CT molecular complexity index is 1300. The van der Waals surface area contributed by atoms with E-state index in [4.69, 9.17) is 4.74 Å². The number of imide groups is 1. The number of nitrogens with zero attached hydrogens (tertiary/aromatic N) is 1. The van der Waals surface area contributed by atoms with Crippen LogP contribution in [-0.4, -0.2) is 30.4 Å². The molecular weight excluding hydrogens is 431 g/mol. The lowest BCUT2D eigenvalue weighted by Crippen LogP contribution is -2.34. The number of rotatable bonds is 7. The smallest absolute Gasteiger partial charge is 0.278 e. The SMILES string of the molecule is COc1ccc(C)cc1NC1=C(c2ccc(C)cc2C)C(=O)N(CCc2ccc(F)cc2)C1=O. The van der Waals surface area contributed by atoms with E-state index in [1.54, 1.807) is 19.2 Å². The number of nitrogens with one attached hydrogen (secondary N) is 1. The fraction of sp³-hybridized carbons (Fsp3) is 0.214. The maximum Gasteiger partial charge on any atom is 0.278 e. The Hall–Kier alpha value is -3.93. The van der Waals surface area contributed by atoms with Crippen LogP contribution < -0.4 is 10.1 Å². The predicted molar refractivity (Wildman–Crippen MR) is 131 cm³/mol. The van der Waals surface area contributed by atoms with Gasteiger partial charge in [-0.3, -0.25) is 14.5 Å². The Kier molecular flexibility index (Phi) is 6.50. The second-order valence-electron chi connectivity index (χ2n) is 8.54. The Labute approximate surface area is 198 Å². The zero-order valence-corrected chi connectivity index (χ0v) is 19.7. The molecule has 0 aromatic heterocycles. The van der Waals surface area contributed by atoms with Crippen LogP contribution in [0, 0.1) is 26.6 Å². The quantitative estimate of drug-likeness (QED) is 0.495. The highest BCUT2D eigenvalue weighted by atomic mass is 19.1. The van der Waals surface area contributed by atoms with Gasteiger partial charge in [0.15, 0.2) is 0 Å². The highest BCUT2D eigenvalue weighted by Gasteiger charge is 2.39. The second kappa shape index (κ2) is 9.51. The van der Waals surface area contributed by atoms with Crippen LogP contribution in [0.3, 0.4) is 0 Å². The summed E-state index contributed by atoms with van der Waals surface area (Å²) in [7, 11) is 1.56. The number of ether oxygens (including phenoxy) is 1. The lowest BCUT2D eigenvalue weighted by molar-refractivity contribution is -0.136. The van der Waals surface area contributed by atoms with Crippen LogP contribution in [-0.2, 0) is 16.0 Å². The van der Waals surface area contributed by atoms with Crippen LogP contribution in [0.4, 0.5) is 10.1 Å². The minimum Gasteiger partial charge on any atom is -0.495 e. The van der Waals surface area contributed by atoms with Crippen LogP contribution in [0.2, 0.25) is 0 Å². The Morgan fingerprint density at radius 3 is 2.24 bits per heavy atom. The van der Waals surface area contributed by atoms with Gasteiger partial charge >= 0.3 is 0 Å². The molecule has 0 saturated carbocycles. The van der Waals surface area contributed by atoms with Gasteiger partial charge in [-0.25, -0.2) is 4.39 Å². The van der Waals surface area contributed by atoms with Crippen molar-refractivity contribution < 1.29 is 18.7 Å². The number of benzene rings is 3. The van der Waals surface area contributed by atoms with E-state index in [9.17, 15) is 14.0 Å². The molecule has 0 bridgehead atoms. The van der Waals surface area contributed by atoms with Gasteiger partial charge in [0.1, 0.15) is 17.3 Å². The number of halogens is 1. The third-order valence-corrected chi connectivity index (χ3v) is 5.97. The second-order valence-corrected chi connectivity index (χ2v) is 8.54. The molecule has 4 rings (SSSR count). The monoisotopic (exact) mass is 458 g/mol. The van der Waals surface area contributed by atoms with Crippen molar-refractivity contribution in [1.82, 2.24) is 4.90 Å². The van der Waals surface area contributed by atoms with Crippen molar-refractivity contribution >= 4 is 23.1 Å². The summed E-state index contributed by atoms with van der Waals surface area (Å²) in [5.74, 6) is -0.503. The number of methoxy groups -OCH3 is 1. The van der Waals surface area contributed by atoms with Crippen molar-refractivity contribution in [2.45, 2.75) is 27.2 Å². The third-order valence-electron chi connectivity index (χ3n) is 5.97. The zero-order chi connectivity index (χ0) is 24.4. The van der Waals surface area contributed by atoms with Gasteiger partial charge in [0, 0.05) is 6.54 Å². The molecule has 34 heavy (non-hydrogen) atoms. The Balaban J connectivity index is 1.73. The summed E-state index contributed by atoms with van der Waals surface area (Å²) in [5, 5.41) is 3.20. The Morgan fingerprint density at radius 2 is 1.56 bits per heavy atom. The lowest BCUT2D eigenvalue weighted by atomic mass is 9.97. The molecule has 0 saturated heterocycles. The normalized spacial score (nSPS) is 13.6. The Morgan fingerprint density at radius 1 is 0.882 bits per heavy atom. The van der Waals surface area contributed by atoms with Crippen molar-refractivity contribution in [3.63, 3.8) is 0 Å². The van der Waals surface area contributed by atoms with Crippen LogP contribution in [0.1, 0.15) is 27.8 Å². The van der Waals surface area contributed by atoms with Crippen LogP contribution in [0.15, 0.2) is 66.4 Å². The van der Waals surface area contributed by atoms with Gasteiger partial charge in [-0.1, -0.05) is 42.0 Å². The van der Waals surface area contributed by atoms with Crippen molar-refractivity contribution in [1.29, 1.82) is 0 Å². The summed E-state index contributed by atoms with van der Waals surface area (Å²) in [5.41, 5.74) is 5.70. The number of aryl methyl sites for hydroxylation is 3. The number of hydrogen-bond acceptors (Lipinski definition) is 4. The van der Waals surface area contributed by atoms with Gasteiger partial charge < -0.3 is 10.1 Å². The molecule has 0 radical (unpaired) electrons. The fourth-order valence-corrected chi connectivity index (χ4v) is 4.19. The van der Waals surface area contributed by atoms with Crippen LogP contribution in [0.25, 0.3) is 5.57 Å². The van der Waals surface area contributed by atoms with Crippen LogP contribution in [0.5, 0.6) is 5.75 Å². The van der Waals surface area contributed by atoms with Gasteiger partial charge in [0.2, 0.25) is 0 Å². The number of hydrogen-bond donors (Lipinski definition) is 1. The van der Waals surface area contributed by atoms with Crippen molar-refractivity contribution in [2.24, 2.45) is 0 Å². The van der Waals surface area contributed by atoms with E-state index in [0.717, 1.165) is 22.3 Å². The molecule has 6 heteroatoms. The van der Waals surface area contributed by atoms with Gasteiger partial charge in [-0.05, 0) is 73.7 Å². The van der Waals surface area contributed by atoms with E-state index in [2.05, 4.69) is 5.32 Å². The molecule has 1 heterocycles. The van der Waals surface area contributed by atoms with E-state index in [-0.39, 0.29) is 24.0 Å². The summed E-state index contributed by atoms with van der Waals surface area (Å²) in [4.78, 5) is 28.3. The predicted octanol–water partition coefficient (Wildman–Crippen LogP) is 5.19. The van der Waals surface area contributed by atoms with Crippen LogP contribution >= 0.6 is 0 Å². The molecule has 3 aromatic carbocycles. The maximum absolute atomic E-state index is 13.6. The molecule has 3 aromatic rings. The largest absolute Gasteiger partial charge is 0.495 e. The summed E-state index contributed by atoms with van der Waals surface area (Å²) < 4.78 is 18.7. The maximum atomic E-state index is 13.6. The van der Waals surface area contributed by atoms with Crippen molar-refractivity contribution in [3.8, 4) is 5.75 Å². The molecule has 5 nitrogen and oxygen atoms in total. The lowest BCUT2D eigenvalue weighted by Gasteiger charge is -2.16. The summed E-state index contributed by atoms with van der Waals surface area (Å²) >= 11 is 0. The number of carbonyl (C=O) groups excluding carboxylic acids is 2. The first-order chi connectivity index (χ1) is 16.3. The molecule has 0 unspecified atom stereocenters. The topological polar surface area (TPSA) is 58.6 Å². The van der Waals surface area contributed by atoms with E-state index in [1.165, 1.54) is 17.0 Å².